The summed E-state index contributed by atoms with van der Waals surface area (Å²) in [5.74, 6) is -1.83. The molecule has 0 saturated heterocycles. The van der Waals surface area contributed by atoms with Gasteiger partial charge in [-0.15, -0.1) is 0 Å². The van der Waals surface area contributed by atoms with Crippen molar-refractivity contribution in [3.63, 3.8) is 0 Å². The molecule has 5 aromatic carbocycles. The van der Waals surface area contributed by atoms with E-state index in [1.807, 2.05) is 0 Å². The van der Waals surface area contributed by atoms with Gasteiger partial charge in [0.15, 0.2) is 0 Å². The van der Waals surface area contributed by atoms with Gasteiger partial charge in [0.05, 0.1) is 26.2 Å². The average Bonchev–Trinajstić information content (AvgIpc) is 3.03. The van der Waals surface area contributed by atoms with E-state index in [0.29, 0.717) is 8.61 Å². The van der Waals surface area contributed by atoms with Gasteiger partial charge in [0, 0.05) is 21.2 Å². The highest BCUT2D eigenvalue weighted by atomic mass is 35.5. The van der Waals surface area contributed by atoms with E-state index in [1.165, 1.54) is 78.9 Å². The Morgan fingerprint density at radius 1 is 0.489 bits per heavy atom. The molecule has 45 heavy (non-hydrogen) atoms. The molecule has 0 bridgehead atoms. The molecule has 0 heterocycles. The van der Waals surface area contributed by atoms with Gasteiger partial charge in [-0.2, -0.15) is 8.61 Å². The molecule has 0 fully saturated rings. The number of rotatable bonds is 8. The molecular formula is C32H21Cl3N2O6S2. The summed E-state index contributed by atoms with van der Waals surface area (Å²) in [6.07, 6.45) is 0. The molecule has 2 amide bonds. The Labute approximate surface area is 275 Å². The number of nitrogens with zero attached hydrogens (tertiary/aromatic N) is 2. The average molecular weight is 700 g/mol. The number of benzene rings is 5. The lowest BCUT2D eigenvalue weighted by Gasteiger charge is -2.26. The lowest BCUT2D eigenvalue weighted by atomic mass is 10.2. The predicted molar refractivity (Wildman–Crippen MR) is 175 cm³/mol. The molecule has 0 aliphatic carbocycles. The fraction of sp³-hybridized carbons (Fsp3) is 0. The standard InChI is InChI=1S/C32H21Cl3N2O6S2/c33-24-11-16-27(17-12-24)44(40,41)36(31(38)22-7-3-1-4-8-22)26-15-20-30(29(35)21-26)37(32(39)23-9-5-2-6-10-23)45(42,43)28-18-13-25(34)14-19-28/h1-21H. The molecule has 0 aliphatic rings. The van der Waals surface area contributed by atoms with Crippen molar-refractivity contribution < 1.29 is 26.4 Å². The largest absolute Gasteiger partial charge is 0.272 e. The zero-order valence-corrected chi connectivity index (χ0v) is 26.8. The lowest BCUT2D eigenvalue weighted by Crippen LogP contribution is -2.38. The van der Waals surface area contributed by atoms with Gasteiger partial charge in [-0.25, -0.2) is 16.8 Å². The highest BCUT2D eigenvalue weighted by molar-refractivity contribution is 7.94. The molecular weight excluding hydrogens is 679 g/mol. The summed E-state index contributed by atoms with van der Waals surface area (Å²) in [4.78, 5) is 27.0. The molecule has 0 aromatic heterocycles. The number of hydrogen-bond acceptors (Lipinski definition) is 6. The Kier molecular flexibility index (Phi) is 9.33. The zero-order valence-electron chi connectivity index (χ0n) is 22.9. The SMILES string of the molecule is O=C(c1ccccc1)N(c1ccc(N(C(=O)c2ccccc2)S(=O)(=O)c2ccc(Cl)cc2)c(Cl)c1)S(=O)(=O)c1ccc(Cl)cc1. The summed E-state index contributed by atoms with van der Waals surface area (Å²) >= 11 is 18.6. The molecule has 0 N–H and O–H groups in total. The Hall–Kier alpha value is -4.19. The van der Waals surface area contributed by atoms with Gasteiger partial charge >= 0.3 is 0 Å². The molecule has 0 unspecified atom stereocenters. The minimum Gasteiger partial charge on any atom is -0.268 e. The van der Waals surface area contributed by atoms with Crippen LogP contribution in [0.3, 0.4) is 0 Å². The van der Waals surface area contributed by atoms with Crippen LogP contribution >= 0.6 is 34.8 Å². The van der Waals surface area contributed by atoms with Crippen LogP contribution in [0.25, 0.3) is 0 Å². The fourth-order valence-electron chi connectivity index (χ4n) is 4.32. The van der Waals surface area contributed by atoms with Gasteiger partial charge in [0.25, 0.3) is 31.9 Å². The van der Waals surface area contributed by atoms with E-state index in [0.717, 1.165) is 12.1 Å². The number of hydrogen-bond donors (Lipinski definition) is 0. The molecule has 0 atom stereocenters. The molecule has 228 valence electrons. The second kappa shape index (κ2) is 13.0. The van der Waals surface area contributed by atoms with Crippen molar-refractivity contribution in [2.24, 2.45) is 0 Å². The highest BCUT2D eigenvalue weighted by Crippen LogP contribution is 2.37. The van der Waals surface area contributed by atoms with Crippen LogP contribution in [0.1, 0.15) is 20.7 Å². The Bertz CT molecular complexity index is 2090. The van der Waals surface area contributed by atoms with Crippen LogP contribution < -0.4 is 8.61 Å². The van der Waals surface area contributed by atoms with Crippen LogP contribution in [0, 0.1) is 0 Å². The van der Waals surface area contributed by atoms with Gasteiger partial charge in [0.2, 0.25) is 0 Å². The molecule has 0 radical (unpaired) electrons. The zero-order chi connectivity index (χ0) is 32.4. The molecule has 5 aromatic rings. The maximum absolute atomic E-state index is 13.9. The van der Waals surface area contributed by atoms with Crippen molar-refractivity contribution in [1.82, 2.24) is 0 Å². The molecule has 13 heteroatoms. The smallest absolute Gasteiger partial charge is 0.268 e. The molecule has 5 rings (SSSR count). The van der Waals surface area contributed by atoms with Crippen LogP contribution in [0.5, 0.6) is 0 Å². The fourth-order valence-corrected chi connectivity index (χ4v) is 7.72. The van der Waals surface area contributed by atoms with Gasteiger partial charge in [-0.3, -0.25) is 9.59 Å². The van der Waals surface area contributed by atoms with Crippen molar-refractivity contribution in [1.29, 1.82) is 0 Å². The number of carbonyl (C=O) groups excluding carboxylic acids is 2. The Morgan fingerprint density at radius 2 is 0.889 bits per heavy atom. The third kappa shape index (κ3) is 6.61. The van der Waals surface area contributed by atoms with Crippen molar-refractivity contribution in [2.75, 3.05) is 8.61 Å². The number of amides is 2. The van der Waals surface area contributed by atoms with E-state index < -0.39 is 31.9 Å². The molecule has 0 spiro atoms. The summed E-state index contributed by atoms with van der Waals surface area (Å²) in [6.45, 7) is 0. The topological polar surface area (TPSA) is 109 Å². The van der Waals surface area contributed by atoms with Gasteiger partial charge in [-0.1, -0.05) is 71.2 Å². The van der Waals surface area contributed by atoms with E-state index in [2.05, 4.69) is 0 Å². The third-order valence-corrected chi connectivity index (χ3v) is 10.7. The summed E-state index contributed by atoms with van der Waals surface area (Å²) in [5, 5.41) is 0.237. The second-order valence-corrected chi connectivity index (χ2v) is 14.3. The van der Waals surface area contributed by atoms with Crippen molar-refractivity contribution in [3.05, 3.63) is 154 Å². The monoisotopic (exact) mass is 698 g/mol. The molecule has 0 aliphatic heterocycles. The van der Waals surface area contributed by atoms with E-state index in [-0.39, 0.29) is 47.4 Å². The van der Waals surface area contributed by atoms with E-state index in [4.69, 9.17) is 34.8 Å². The van der Waals surface area contributed by atoms with Crippen molar-refractivity contribution in [3.8, 4) is 0 Å². The maximum Gasteiger partial charge on any atom is 0.272 e. The van der Waals surface area contributed by atoms with Gasteiger partial charge in [0.1, 0.15) is 0 Å². The first-order chi connectivity index (χ1) is 21.4. The third-order valence-electron chi connectivity index (χ3n) is 6.50. The number of halogens is 3. The quantitative estimate of drug-likeness (QED) is 0.164. The minimum absolute atomic E-state index is 0.0429. The lowest BCUT2D eigenvalue weighted by molar-refractivity contribution is 0.0996. The molecule has 0 saturated carbocycles. The number of anilines is 2. The summed E-state index contributed by atoms with van der Waals surface area (Å²) in [7, 11) is -9.13. The summed E-state index contributed by atoms with van der Waals surface area (Å²) in [5.41, 5.74) is -0.383. The van der Waals surface area contributed by atoms with Gasteiger partial charge in [-0.05, 0) is 91.0 Å². The van der Waals surface area contributed by atoms with E-state index in [9.17, 15) is 26.4 Å². The first-order valence-electron chi connectivity index (χ1n) is 13.0. The van der Waals surface area contributed by atoms with Crippen molar-refractivity contribution in [2.45, 2.75) is 9.79 Å². The Morgan fingerprint density at radius 3 is 1.31 bits per heavy atom. The number of carbonyl (C=O) groups is 2. The first-order valence-corrected chi connectivity index (χ1v) is 17.0. The Balaban J connectivity index is 1.68. The predicted octanol–water partition coefficient (Wildman–Crippen LogP) is 7.72. The number of sulfonamides is 2. The van der Waals surface area contributed by atoms with E-state index in [1.54, 1.807) is 36.4 Å². The minimum atomic E-state index is -4.58. The second-order valence-electron chi connectivity index (χ2n) is 9.42. The van der Waals surface area contributed by atoms with Crippen LogP contribution in [-0.4, -0.2) is 28.6 Å². The van der Waals surface area contributed by atoms with Gasteiger partial charge < -0.3 is 0 Å². The van der Waals surface area contributed by atoms with Crippen LogP contribution in [0.4, 0.5) is 11.4 Å². The first kappa shape index (κ1) is 32.2. The van der Waals surface area contributed by atoms with Crippen LogP contribution in [0.2, 0.25) is 15.1 Å². The molecule has 8 nitrogen and oxygen atoms in total. The summed E-state index contributed by atoms with van der Waals surface area (Å²) in [6, 6.07) is 29.3. The maximum atomic E-state index is 13.9. The van der Waals surface area contributed by atoms with Crippen molar-refractivity contribution >= 4 is 78.0 Å². The highest BCUT2D eigenvalue weighted by Gasteiger charge is 2.36. The normalized spacial score (nSPS) is 11.5. The van der Waals surface area contributed by atoms with Crippen LogP contribution in [0.15, 0.2) is 137 Å². The van der Waals surface area contributed by atoms with E-state index >= 15 is 0 Å². The summed E-state index contributed by atoms with van der Waals surface area (Å²) < 4.78 is 56.7. The van der Waals surface area contributed by atoms with Crippen LogP contribution in [-0.2, 0) is 20.0 Å².